The lowest BCUT2D eigenvalue weighted by Gasteiger charge is -2.38. The molecule has 0 radical (unpaired) electrons. The second-order valence-electron chi connectivity index (χ2n) is 15.2. The number of likely N-dealkylation sites (N-methyl/N-ethyl adjacent to an activating group) is 1. The van der Waals surface area contributed by atoms with Gasteiger partial charge in [0.25, 0.3) is 5.56 Å². The lowest BCUT2D eigenvalue weighted by atomic mass is 9.88. The Morgan fingerprint density at radius 1 is 1.06 bits per heavy atom. The first-order chi connectivity index (χ1) is 23.4. The first-order valence-corrected chi connectivity index (χ1v) is 17.4. The lowest BCUT2D eigenvalue weighted by molar-refractivity contribution is -0.136. The van der Waals surface area contributed by atoms with E-state index < -0.39 is 11.2 Å². The van der Waals surface area contributed by atoms with Crippen LogP contribution in [0.2, 0.25) is 0 Å². The molecule has 2 aliphatic carbocycles. The Hall–Kier alpha value is -4.51. The Morgan fingerprint density at radius 2 is 1.78 bits per heavy atom. The average Bonchev–Trinajstić information content (AvgIpc) is 3.67. The van der Waals surface area contributed by atoms with Crippen LogP contribution in [-0.2, 0) is 28.9 Å². The molecule has 3 aliphatic rings. The van der Waals surface area contributed by atoms with Crippen LogP contribution in [0.15, 0.2) is 65.8 Å². The first kappa shape index (κ1) is 33.0. The number of hydrogen-bond donors (Lipinski definition) is 1. The Balaban J connectivity index is 1.000. The minimum Gasteiger partial charge on any atom is -0.444 e. The molecule has 1 aliphatic heterocycles. The molecule has 3 heterocycles. The van der Waals surface area contributed by atoms with Crippen LogP contribution in [0.3, 0.4) is 0 Å². The monoisotopic (exact) mass is 666 g/mol. The average molecular weight is 667 g/mol. The SMILES string of the molecule is CN(C(=O)OC(C)(C)C)C1Cc2ccc(-c3cnc4c(=O)n(CC5(O)CCN(C(=O)CC(c6ccccc6)C6CC6)CC5)cnn34)cc2C1. The number of likely N-dealkylation sites (tertiary alicyclic amines) is 1. The zero-order valence-corrected chi connectivity index (χ0v) is 28.8. The number of carbonyl (C=O) groups is 2. The van der Waals surface area contributed by atoms with Gasteiger partial charge in [-0.05, 0) is 93.9 Å². The van der Waals surface area contributed by atoms with Crippen LogP contribution >= 0.6 is 0 Å². The van der Waals surface area contributed by atoms with Gasteiger partial charge in [-0.2, -0.15) is 5.10 Å². The number of carbonyl (C=O) groups excluding carboxylic acids is 2. The molecular weight excluding hydrogens is 620 g/mol. The minimum atomic E-state index is -1.13. The van der Waals surface area contributed by atoms with Crippen molar-refractivity contribution < 1.29 is 19.4 Å². The molecule has 7 rings (SSSR count). The molecule has 1 N–H and O–H groups in total. The second kappa shape index (κ2) is 12.7. The van der Waals surface area contributed by atoms with Crippen LogP contribution in [-0.4, -0.2) is 83.5 Å². The van der Waals surface area contributed by atoms with Crippen molar-refractivity contribution in [2.75, 3.05) is 20.1 Å². The summed E-state index contributed by atoms with van der Waals surface area (Å²) in [5, 5.41) is 16.1. The third kappa shape index (κ3) is 6.99. The summed E-state index contributed by atoms with van der Waals surface area (Å²) in [5.74, 6) is 0.938. The maximum atomic E-state index is 13.6. The molecule has 0 spiro atoms. The van der Waals surface area contributed by atoms with E-state index in [0.717, 1.165) is 17.5 Å². The summed E-state index contributed by atoms with van der Waals surface area (Å²) in [4.78, 5) is 47.5. The molecule has 2 aromatic heterocycles. The molecule has 258 valence electrons. The Labute approximate surface area is 286 Å². The smallest absolute Gasteiger partial charge is 0.410 e. The number of nitrogens with zero attached hydrogens (tertiary/aromatic N) is 6. The van der Waals surface area contributed by atoms with E-state index in [4.69, 9.17) is 4.74 Å². The number of piperidine rings is 1. The predicted molar refractivity (Wildman–Crippen MR) is 185 cm³/mol. The number of benzene rings is 2. The third-order valence-corrected chi connectivity index (χ3v) is 10.5. The van der Waals surface area contributed by atoms with Crippen LogP contribution < -0.4 is 5.56 Å². The molecular formula is C38H46N6O5. The van der Waals surface area contributed by atoms with Gasteiger partial charge < -0.3 is 19.6 Å². The number of fused-ring (bicyclic) bond motifs is 2. The maximum absolute atomic E-state index is 13.6. The highest BCUT2D eigenvalue weighted by molar-refractivity contribution is 5.77. The number of aromatic nitrogens is 4. The fourth-order valence-corrected chi connectivity index (χ4v) is 7.44. The van der Waals surface area contributed by atoms with E-state index in [2.05, 4.69) is 34.3 Å². The molecule has 0 bridgehead atoms. The molecule has 49 heavy (non-hydrogen) atoms. The van der Waals surface area contributed by atoms with Gasteiger partial charge in [0.1, 0.15) is 11.9 Å². The van der Waals surface area contributed by atoms with E-state index in [9.17, 15) is 19.5 Å². The fraction of sp³-hybridized carbons (Fsp3) is 0.500. The van der Waals surface area contributed by atoms with Crippen LogP contribution in [0.5, 0.6) is 0 Å². The van der Waals surface area contributed by atoms with E-state index in [1.54, 1.807) is 22.7 Å². The maximum Gasteiger partial charge on any atom is 0.410 e. The van der Waals surface area contributed by atoms with Crippen molar-refractivity contribution in [1.82, 2.24) is 29.0 Å². The van der Waals surface area contributed by atoms with Crippen LogP contribution in [0, 0.1) is 5.92 Å². The Morgan fingerprint density at radius 3 is 2.47 bits per heavy atom. The number of rotatable bonds is 8. The van der Waals surface area contributed by atoms with Crippen molar-refractivity contribution in [3.05, 3.63) is 88.1 Å². The number of hydrogen-bond acceptors (Lipinski definition) is 7. The Kier molecular flexibility index (Phi) is 8.59. The zero-order valence-electron chi connectivity index (χ0n) is 28.8. The third-order valence-electron chi connectivity index (χ3n) is 10.5. The fourth-order valence-electron chi connectivity index (χ4n) is 7.44. The Bertz CT molecular complexity index is 1920. The van der Waals surface area contributed by atoms with Gasteiger partial charge in [0, 0.05) is 38.2 Å². The van der Waals surface area contributed by atoms with Crippen molar-refractivity contribution in [2.24, 2.45) is 5.92 Å². The largest absolute Gasteiger partial charge is 0.444 e. The van der Waals surface area contributed by atoms with Gasteiger partial charge >= 0.3 is 6.09 Å². The molecule has 11 heteroatoms. The van der Waals surface area contributed by atoms with Gasteiger partial charge in [-0.3, -0.25) is 14.2 Å². The van der Waals surface area contributed by atoms with E-state index >= 15 is 0 Å². The van der Waals surface area contributed by atoms with E-state index in [-0.39, 0.29) is 41.7 Å². The van der Waals surface area contributed by atoms with E-state index in [1.807, 2.05) is 49.9 Å². The van der Waals surface area contributed by atoms with Gasteiger partial charge in [-0.25, -0.2) is 14.3 Å². The molecule has 1 saturated carbocycles. The van der Waals surface area contributed by atoms with Crippen molar-refractivity contribution in [2.45, 2.75) is 95.4 Å². The highest BCUT2D eigenvalue weighted by Gasteiger charge is 2.38. The lowest BCUT2D eigenvalue weighted by Crippen LogP contribution is -2.50. The normalized spacial score (nSPS) is 19.4. The molecule has 2 atom stereocenters. The van der Waals surface area contributed by atoms with Gasteiger partial charge in [0.15, 0.2) is 0 Å². The van der Waals surface area contributed by atoms with Gasteiger partial charge in [0.05, 0.1) is 24.0 Å². The highest BCUT2D eigenvalue weighted by atomic mass is 16.6. The number of amides is 2. The summed E-state index contributed by atoms with van der Waals surface area (Å²) in [6.45, 7) is 6.57. The van der Waals surface area contributed by atoms with Crippen molar-refractivity contribution in [3.63, 3.8) is 0 Å². The van der Waals surface area contributed by atoms with Crippen LogP contribution in [0.1, 0.15) is 75.5 Å². The van der Waals surface area contributed by atoms with E-state index in [1.165, 1.54) is 34.9 Å². The number of ether oxygens (including phenoxy) is 1. The highest BCUT2D eigenvalue weighted by Crippen LogP contribution is 2.45. The van der Waals surface area contributed by atoms with Crippen molar-refractivity contribution >= 4 is 17.6 Å². The zero-order chi connectivity index (χ0) is 34.5. The van der Waals surface area contributed by atoms with Crippen molar-refractivity contribution in [3.8, 4) is 11.3 Å². The quantitative estimate of drug-likeness (QED) is 0.286. The number of aliphatic hydroxyl groups is 1. The summed E-state index contributed by atoms with van der Waals surface area (Å²) >= 11 is 0. The topological polar surface area (TPSA) is 122 Å². The van der Waals surface area contributed by atoms with Crippen molar-refractivity contribution in [1.29, 1.82) is 0 Å². The van der Waals surface area contributed by atoms with Crippen LogP contribution in [0.4, 0.5) is 4.79 Å². The minimum absolute atomic E-state index is 0.00246. The summed E-state index contributed by atoms with van der Waals surface area (Å²) < 4.78 is 8.55. The first-order valence-electron chi connectivity index (χ1n) is 17.4. The summed E-state index contributed by atoms with van der Waals surface area (Å²) in [5.41, 5.74) is 3.27. The number of imidazole rings is 1. The molecule has 11 nitrogen and oxygen atoms in total. The van der Waals surface area contributed by atoms with Gasteiger partial charge in [-0.15, -0.1) is 0 Å². The molecule has 2 aromatic carbocycles. The van der Waals surface area contributed by atoms with Gasteiger partial charge in [0.2, 0.25) is 11.6 Å². The summed E-state index contributed by atoms with van der Waals surface area (Å²) in [7, 11) is 1.78. The predicted octanol–water partition coefficient (Wildman–Crippen LogP) is 4.83. The molecule has 2 fully saturated rings. The van der Waals surface area contributed by atoms with Gasteiger partial charge in [-0.1, -0.05) is 42.5 Å². The molecule has 4 aromatic rings. The van der Waals surface area contributed by atoms with Crippen LogP contribution in [0.25, 0.3) is 16.9 Å². The molecule has 2 unspecified atom stereocenters. The molecule has 2 amide bonds. The van der Waals surface area contributed by atoms with E-state index in [0.29, 0.717) is 50.4 Å². The second-order valence-corrected chi connectivity index (χ2v) is 15.2. The summed E-state index contributed by atoms with van der Waals surface area (Å²) in [6.07, 6.45) is 7.82. The summed E-state index contributed by atoms with van der Waals surface area (Å²) in [6, 6.07) is 16.4. The standard InChI is InChI=1S/C38H46N6O5/c1-37(2,3)49-36(47)41(4)30-19-27-12-13-28(18-29(27)20-30)32-22-39-34-35(46)43(24-40-44(32)34)23-38(48)14-16-42(17-15-38)33(45)21-31(26-10-11-26)25-8-6-5-7-9-25/h5-9,12-13,18,22,24,26,30-31,48H,10-11,14-17,19-21,23H2,1-4H3. The molecule has 1 saturated heterocycles.